The first-order valence-corrected chi connectivity index (χ1v) is 6.95. The van der Waals surface area contributed by atoms with E-state index in [4.69, 9.17) is 14.0 Å². The summed E-state index contributed by atoms with van der Waals surface area (Å²) in [5.74, 6) is 1.20. The van der Waals surface area contributed by atoms with Crippen molar-refractivity contribution in [1.29, 1.82) is 0 Å². The lowest BCUT2D eigenvalue weighted by Gasteiger charge is -2.06. The van der Waals surface area contributed by atoms with Crippen LogP contribution in [0.1, 0.15) is 24.6 Å². The van der Waals surface area contributed by atoms with Gasteiger partial charge in [0.1, 0.15) is 12.3 Å². The number of hydrogen-bond acceptors (Lipinski definition) is 6. The van der Waals surface area contributed by atoms with Gasteiger partial charge in [-0.05, 0) is 12.8 Å². The zero-order valence-electron chi connectivity index (χ0n) is 11.9. The van der Waals surface area contributed by atoms with E-state index in [-0.39, 0.29) is 6.04 Å². The number of hydrogen-bond donors (Lipinski definition) is 0. The zero-order chi connectivity index (χ0) is 14.5. The molecule has 1 fully saturated rings. The Morgan fingerprint density at radius 1 is 1.29 bits per heavy atom. The zero-order valence-corrected chi connectivity index (χ0v) is 11.9. The van der Waals surface area contributed by atoms with E-state index in [2.05, 4.69) is 20.4 Å². The van der Waals surface area contributed by atoms with Gasteiger partial charge in [-0.1, -0.05) is 5.16 Å². The van der Waals surface area contributed by atoms with E-state index in [0.717, 1.165) is 25.1 Å². The van der Waals surface area contributed by atoms with Gasteiger partial charge in [0.15, 0.2) is 11.5 Å². The van der Waals surface area contributed by atoms with Crippen molar-refractivity contribution in [3.8, 4) is 17.3 Å². The topological polar surface area (TPSA) is 84.4 Å². The Morgan fingerprint density at radius 3 is 3.00 bits per heavy atom. The van der Waals surface area contributed by atoms with Crippen molar-refractivity contribution in [2.24, 2.45) is 0 Å². The third-order valence-electron chi connectivity index (χ3n) is 3.28. The molecule has 2 aromatic heterocycles. The summed E-state index contributed by atoms with van der Waals surface area (Å²) < 4.78 is 15.9. The smallest absolute Gasteiger partial charge is 0.242 e. The molecule has 0 amide bonds. The average molecular weight is 289 g/mol. The second kappa shape index (κ2) is 6.64. The maximum absolute atomic E-state index is 5.56. The van der Waals surface area contributed by atoms with Crippen LogP contribution in [0.3, 0.4) is 0 Å². The molecule has 111 valence electrons. The Morgan fingerprint density at radius 2 is 2.19 bits per heavy atom. The van der Waals surface area contributed by atoms with E-state index in [1.165, 1.54) is 0 Å². The molecule has 7 heteroatoms. The van der Waals surface area contributed by atoms with E-state index in [9.17, 15) is 0 Å². The molecule has 0 aromatic carbocycles. The van der Waals surface area contributed by atoms with Crippen molar-refractivity contribution in [2.45, 2.75) is 18.9 Å². The minimum absolute atomic E-state index is 0.112. The van der Waals surface area contributed by atoms with Crippen molar-refractivity contribution < 1.29 is 14.0 Å². The van der Waals surface area contributed by atoms with Gasteiger partial charge in [-0.3, -0.25) is 0 Å². The number of aromatic nitrogens is 3. The van der Waals surface area contributed by atoms with Crippen LogP contribution in [-0.2, 0) is 4.74 Å². The fourth-order valence-electron chi connectivity index (χ4n) is 2.24. The Labute approximate surface area is 122 Å². The Bertz CT molecular complexity index is 581. The van der Waals surface area contributed by atoms with E-state index in [1.54, 1.807) is 19.5 Å². The molecule has 2 aromatic rings. The summed E-state index contributed by atoms with van der Waals surface area (Å²) in [7, 11) is 1.62. The molecule has 3 rings (SSSR count). The molecule has 1 aliphatic heterocycles. The summed E-state index contributed by atoms with van der Waals surface area (Å²) in [6.07, 6.45) is 5.29. The first kappa shape index (κ1) is 14.0. The third kappa shape index (κ3) is 3.20. The summed E-state index contributed by atoms with van der Waals surface area (Å²) in [5.41, 5.74) is 1.19. The fourth-order valence-corrected chi connectivity index (χ4v) is 2.24. The van der Waals surface area contributed by atoms with E-state index in [1.807, 2.05) is 6.07 Å². The largest absolute Gasteiger partial charge is 0.474 e. The quantitative estimate of drug-likeness (QED) is 0.751. The monoisotopic (exact) mass is 289 g/mol. The predicted octanol–water partition coefficient (Wildman–Crippen LogP) is 1.60. The molecule has 0 aliphatic carbocycles. The van der Waals surface area contributed by atoms with Crippen LogP contribution >= 0.6 is 0 Å². The molecular formula is C14H17N4O3. The number of nitrogens with zero attached hydrogens (tertiary/aromatic N) is 4. The molecule has 1 radical (unpaired) electrons. The summed E-state index contributed by atoms with van der Waals surface area (Å²) >= 11 is 0. The minimum atomic E-state index is 0.112. The van der Waals surface area contributed by atoms with Crippen LogP contribution in [0.15, 0.2) is 23.0 Å². The lowest BCUT2D eigenvalue weighted by molar-refractivity contribution is 0.144. The van der Waals surface area contributed by atoms with E-state index < -0.39 is 0 Å². The van der Waals surface area contributed by atoms with Gasteiger partial charge in [0.25, 0.3) is 0 Å². The van der Waals surface area contributed by atoms with Gasteiger partial charge < -0.3 is 14.0 Å². The van der Waals surface area contributed by atoms with Crippen LogP contribution in [0.4, 0.5) is 0 Å². The second-order valence-electron chi connectivity index (χ2n) is 4.73. The van der Waals surface area contributed by atoms with Gasteiger partial charge in [0, 0.05) is 32.1 Å². The number of ether oxygens (including phenoxy) is 2. The molecule has 21 heavy (non-hydrogen) atoms. The Kier molecular flexibility index (Phi) is 4.42. The molecule has 1 saturated heterocycles. The normalized spacial score (nSPS) is 18.0. The third-order valence-corrected chi connectivity index (χ3v) is 3.28. The molecule has 1 unspecified atom stereocenters. The summed E-state index contributed by atoms with van der Waals surface area (Å²) in [4.78, 5) is 8.47. The Balaban J connectivity index is 1.79. The van der Waals surface area contributed by atoms with Crippen LogP contribution in [0.25, 0.3) is 11.4 Å². The summed E-state index contributed by atoms with van der Waals surface area (Å²) in [6, 6.07) is 1.98. The van der Waals surface area contributed by atoms with Crippen LogP contribution in [-0.4, -0.2) is 42.0 Å². The Hall–Kier alpha value is -1.99. The van der Waals surface area contributed by atoms with Gasteiger partial charge in [-0.2, -0.15) is 0 Å². The van der Waals surface area contributed by atoms with Crippen molar-refractivity contribution in [3.63, 3.8) is 0 Å². The lowest BCUT2D eigenvalue weighted by Crippen LogP contribution is -2.07. The highest BCUT2D eigenvalue weighted by molar-refractivity contribution is 5.59. The maximum atomic E-state index is 5.56. The molecule has 0 spiro atoms. The van der Waals surface area contributed by atoms with Crippen LogP contribution in [0.2, 0.25) is 0 Å². The van der Waals surface area contributed by atoms with Crippen molar-refractivity contribution >= 4 is 0 Å². The van der Waals surface area contributed by atoms with Gasteiger partial charge >= 0.3 is 0 Å². The fraction of sp³-hybridized carbons (Fsp3) is 0.500. The summed E-state index contributed by atoms with van der Waals surface area (Å²) in [5, 5.41) is 8.55. The SMILES string of the molecule is COCCOc1nccnc1-c1cc(C2CCC[N]2)on1. The first-order chi connectivity index (χ1) is 10.4. The highest BCUT2D eigenvalue weighted by Crippen LogP contribution is 2.30. The molecule has 1 atom stereocenters. The van der Waals surface area contributed by atoms with Crippen molar-refractivity contribution in [1.82, 2.24) is 20.4 Å². The number of methoxy groups -OCH3 is 1. The molecule has 1 aliphatic rings. The van der Waals surface area contributed by atoms with Crippen molar-refractivity contribution in [3.05, 3.63) is 24.2 Å². The van der Waals surface area contributed by atoms with Crippen LogP contribution in [0, 0.1) is 0 Å². The predicted molar refractivity (Wildman–Crippen MR) is 73.9 cm³/mol. The summed E-state index contributed by atoms with van der Waals surface area (Å²) in [6.45, 7) is 1.78. The molecule has 0 saturated carbocycles. The lowest BCUT2D eigenvalue weighted by atomic mass is 10.1. The molecule has 0 N–H and O–H groups in total. The maximum Gasteiger partial charge on any atom is 0.242 e. The first-order valence-electron chi connectivity index (χ1n) is 6.95. The van der Waals surface area contributed by atoms with E-state index >= 15 is 0 Å². The van der Waals surface area contributed by atoms with Crippen LogP contribution in [0.5, 0.6) is 5.88 Å². The minimum Gasteiger partial charge on any atom is -0.474 e. The molecule has 0 bridgehead atoms. The van der Waals surface area contributed by atoms with Gasteiger partial charge in [0.05, 0.1) is 12.6 Å². The van der Waals surface area contributed by atoms with Crippen molar-refractivity contribution in [2.75, 3.05) is 26.9 Å². The molecule has 3 heterocycles. The number of rotatable bonds is 6. The van der Waals surface area contributed by atoms with Crippen LogP contribution < -0.4 is 10.1 Å². The van der Waals surface area contributed by atoms with Gasteiger partial charge in [-0.25, -0.2) is 15.3 Å². The molecular weight excluding hydrogens is 272 g/mol. The molecule has 7 nitrogen and oxygen atoms in total. The highest BCUT2D eigenvalue weighted by Gasteiger charge is 2.23. The standard InChI is InChI=1S/C14H17N4O3/c1-19-7-8-20-14-13(16-5-6-17-14)11-9-12(21-18-11)10-3-2-4-15-10/h5-6,9-10H,2-4,7-8H2,1H3. The van der Waals surface area contributed by atoms with Gasteiger partial charge in [0.2, 0.25) is 5.88 Å². The second-order valence-corrected chi connectivity index (χ2v) is 4.73. The average Bonchev–Trinajstić information content (AvgIpc) is 3.19. The highest BCUT2D eigenvalue weighted by atomic mass is 16.5. The van der Waals surface area contributed by atoms with Gasteiger partial charge in [-0.15, -0.1) is 0 Å². The van der Waals surface area contributed by atoms with E-state index in [0.29, 0.717) is 30.5 Å².